The summed E-state index contributed by atoms with van der Waals surface area (Å²) in [6.45, 7) is 0.113. The topological polar surface area (TPSA) is 55.8 Å². The van der Waals surface area contributed by atoms with Crippen LogP contribution in [0.5, 0.6) is 11.5 Å². The number of methoxy groups -OCH3 is 1. The van der Waals surface area contributed by atoms with Crippen molar-refractivity contribution < 1.29 is 23.8 Å². The minimum Gasteiger partial charge on any atom is -0.496 e. The first-order chi connectivity index (χ1) is 10.0. The van der Waals surface area contributed by atoms with Crippen molar-refractivity contribution in [2.24, 2.45) is 0 Å². The van der Waals surface area contributed by atoms with Crippen molar-refractivity contribution in [2.75, 3.05) is 7.11 Å². The molecule has 1 N–H and O–H groups in total. The summed E-state index contributed by atoms with van der Waals surface area (Å²) in [6.07, 6.45) is 0. The third-order valence-electron chi connectivity index (χ3n) is 2.81. The molecule has 0 unspecified atom stereocenters. The van der Waals surface area contributed by atoms with Gasteiger partial charge in [-0.15, -0.1) is 0 Å². The molecule has 0 heterocycles. The van der Waals surface area contributed by atoms with Gasteiger partial charge in [-0.2, -0.15) is 0 Å². The normalized spacial score (nSPS) is 10.2. The highest BCUT2D eigenvalue weighted by atomic mass is 79.9. The average molecular weight is 355 g/mol. The fourth-order valence-corrected chi connectivity index (χ4v) is 2.11. The fraction of sp³-hybridized carbons (Fsp3) is 0.133. The van der Waals surface area contributed by atoms with E-state index in [9.17, 15) is 9.18 Å². The van der Waals surface area contributed by atoms with Gasteiger partial charge in [-0.05, 0) is 52.3 Å². The summed E-state index contributed by atoms with van der Waals surface area (Å²) >= 11 is 3.07. The second kappa shape index (κ2) is 6.58. The zero-order valence-corrected chi connectivity index (χ0v) is 12.7. The lowest BCUT2D eigenvalue weighted by atomic mass is 10.1. The van der Waals surface area contributed by atoms with Gasteiger partial charge in [0.15, 0.2) is 0 Å². The van der Waals surface area contributed by atoms with E-state index in [-0.39, 0.29) is 18.0 Å². The third-order valence-corrected chi connectivity index (χ3v) is 3.42. The Morgan fingerprint density at radius 2 is 2.05 bits per heavy atom. The van der Waals surface area contributed by atoms with E-state index in [1.807, 2.05) is 0 Å². The quantitative estimate of drug-likeness (QED) is 0.885. The van der Waals surface area contributed by atoms with Gasteiger partial charge in [0.05, 0.1) is 17.1 Å². The van der Waals surface area contributed by atoms with Crippen LogP contribution in [0.4, 0.5) is 4.39 Å². The van der Waals surface area contributed by atoms with Crippen molar-refractivity contribution in [2.45, 2.75) is 6.61 Å². The van der Waals surface area contributed by atoms with Crippen LogP contribution in [0.1, 0.15) is 15.9 Å². The van der Waals surface area contributed by atoms with Crippen molar-refractivity contribution >= 4 is 21.9 Å². The molecule has 0 saturated heterocycles. The van der Waals surface area contributed by atoms with E-state index in [1.165, 1.54) is 37.4 Å². The van der Waals surface area contributed by atoms with Crippen molar-refractivity contribution in [1.29, 1.82) is 0 Å². The number of aromatic carboxylic acids is 1. The second-order valence-electron chi connectivity index (χ2n) is 4.20. The van der Waals surface area contributed by atoms with E-state index in [0.29, 0.717) is 21.5 Å². The highest BCUT2D eigenvalue weighted by Gasteiger charge is 2.10. The number of rotatable bonds is 5. The molecule has 0 bridgehead atoms. The van der Waals surface area contributed by atoms with Gasteiger partial charge in [-0.1, -0.05) is 0 Å². The van der Waals surface area contributed by atoms with E-state index < -0.39 is 5.97 Å². The molecule has 0 spiro atoms. The van der Waals surface area contributed by atoms with E-state index in [1.54, 1.807) is 6.07 Å². The molecule has 6 heteroatoms. The van der Waals surface area contributed by atoms with Gasteiger partial charge in [0, 0.05) is 5.56 Å². The standard InChI is InChI=1S/C15H12BrFO4/c1-20-14-5-2-9(15(18)19)6-10(14)8-21-11-3-4-13(17)12(16)7-11/h2-7H,8H2,1H3,(H,18,19). The fourth-order valence-electron chi connectivity index (χ4n) is 1.75. The molecule has 2 rings (SSSR count). The van der Waals surface area contributed by atoms with Crippen molar-refractivity contribution in [3.05, 3.63) is 57.8 Å². The van der Waals surface area contributed by atoms with Gasteiger partial charge in [-0.3, -0.25) is 0 Å². The maximum Gasteiger partial charge on any atom is 0.335 e. The van der Waals surface area contributed by atoms with Gasteiger partial charge in [0.1, 0.15) is 23.9 Å². The van der Waals surface area contributed by atoms with Crippen LogP contribution in [-0.2, 0) is 6.61 Å². The molecule has 4 nitrogen and oxygen atoms in total. The number of hydrogen-bond donors (Lipinski definition) is 1. The van der Waals surface area contributed by atoms with Gasteiger partial charge < -0.3 is 14.6 Å². The first-order valence-electron chi connectivity index (χ1n) is 5.99. The predicted molar refractivity (Wildman–Crippen MR) is 78.4 cm³/mol. The molecule has 0 amide bonds. The molecule has 0 aliphatic carbocycles. The molecule has 0 aromatic heterocycles. The number of carbonyl (C=O) groups is 1. The molecule has 0 radical (unpaired) electrons. The Bertz CT molecular complexity index is 673. The summed E-state index contributed by atoms with van der Waals surface area (Å²) < 4.78 is 24.1. The van der Waals surface area contributed by atoms with Crippen molar-refractivity contribution in [1.82, 2.24) is 0 Å². The van der Waals surface area contributed by atoms with Gasteiger partial charge in [0.2, 0.25) is 0 Å². The van der Waals surface area contributed by atoms with Crippen LogP contribution in [0, 0.1) is 5.82 Å². The Labute approximate surface area is 129 Å². The molecule has 0 aliphatic rings. The Morgan fingerprint density at radius 1 is 1.29 bits per heavy atom. The molecule has 0 atom stereocenters. The summed E-state index contributed by atoms with van der Waals surface area (Å²) in [7, 11) is 1.49. The Morgan fingerprint density at radius 3 is 2.67 bits per heavy atom. The number of halogens is 2. The van der Waals surface area contributed by atoms with Gasteiger partial charge in [0.25, 0.3) is 0 Å². The smallest absolute Gasteiger partial charge is 0.335 e. The monoisotopic (exact) mass is 354 g/mol. The summed E-state index contributed by atoms with van der Waals surface area (Å²) in [5.74, 6) is -0.413. The first kappa shape index (κ1) is 15.3. The SMILES string of the molecule is COc1ccc(C(=O)O)cc1COc1ccc(F)c(Br)c1. The predicted octanol–water partition coefficient (Wildman–Crippen LogP) is 3.87. The molecule has 2 aromatic carbocycles. The second-order valence-corrected chi connectivity index (χ2v) is 5.05. The molecule has 0 aliphatic heterocycles. The summed E-state index contributed by atoms with van der Waals surface area (Å²) in [5, 5.41) is 9.00. The van der Waals surface area contributed by atoms with Crippen LogP contribution in [0.3, 0.4) is 0 Å². The van der Waals surface area contributed by atoms with Crippen LogP contribution in [0.2, 0.25) is 0 Å². The molecular formula is C15H12BrFO4. The lowest BCUT2D eigenvalue weighted by Gasteiger charge is -2.11. The summed E-state index contributed by atoms with van der Waals surface area (Å²) in [4.78, 5) is 11.0. The molecular weight excluding hydrogens is 343 g/mol. The largest absolute Gasteiger partial charge is 0.496 e. The zero-order valence-electron chi connectivity index (χ0n) is 11.1. The van der Waals surface area contributed by atoms with Crippen LogP contribution in [0.25, 0.3) is 0 Å². The minimum atomic E-state index is -1.02. The molecule has 0 saturated carbocycles. The number of hydrogen-bond acceptors (Lipinski definition) is 3. The maximum atomic E-state index is 13.1. The average Bonchev–Trinajstić information content (AvgIpc) is 2.48. The molecule has 21 heavy (non-hydrogen) atoms. The third kappa shape index (κ3) is 3.72. The van der Waals surface area contributed by atoms with E-state index in [0.717, 1.165) is 0 Å². The first-order valence-corrected chi connectivity index (χ1v) is 6.78. The Kier molecular flexibility index (Phi) is 4.80. The van der Waals surface area contributed by atoms with Crippen LogP contribution in [-0.4, -0.2) is 18.2 Å². The number of carboxylic acids is 1. The van der Waals surface area contributed by atoms with Crippen LogP contribution < -0.4 is 9.47 Å². The molecule has 2 aromatic rings. The van der Waals surface area contributed by atoms with Crippen molar-refractivity contribution in [3.63, 3.8) is 0 Å². The maximum absolute atomic E-state index is 13.1. The molecule has 110 valence electrons. The number of benzene rings is 2. The summed E-state index contributed by atoms with van der Waals surface area (Å²) in [5.41, 5.74) is 0.743. The van der Waals surface area contributed by atoms with E-state index >= 15 is 0 Å². The minimum absolute atomic E-state index is 0.113. The van der Waals surface area contributed by atoms with E-state index in [2.05, 4.69) is 15.9 Å². The lowest BCUT2D eigenvalue weighted by Crippen LogP contribution is -2.03. The van der Waals surface area contributed by atoms with E-state index in [4.69, 9.17) is 14.6 Å². The Hall–Kier alpha value is -2.08. The molecule has 0 fully saturated rings. The van der Waals surface area contributed by atoms with Crippen LogP contribution >= 0.6 is 15.9 Å². The number of carboxylic acid groups (broad SMARTS) is 1. The van der Waals surface area contributed by atoms with Gasteiger partial charge >= 0.3 is 5.97 Å². The lowest BCUT2D eigenvalue weighted by molar-refractivity contribution is 0.0696. The van der Waals surface area contributed by atoms with Gasteiger partial charge in [-0.25, -0.2) is 9.18 Å². The Balaban J connectivity index is 2.19. The highest BCUT2D eigenvalue weighted by molar-refractivity contribution is 9.10. The number of ether oxygens (including phenoxy) is 2. The van der Waals surface area contributed by atoms with Crippen molar-refractivity contribution in [3.8, 4) is 11.5 Å². The zero-order chi connectivity index (χ0) is 15.4. The van der Waals surface area contributed by atoms with Crippen LogP contribution in [0.15, 0.2) is 40.9 Å². The summed E-state index contributed by atoms with van der Waals surface area (Å²) in [6, 6.07) is 8.79. The highest BCUT2D eigenvalue weighted by Crippen LogP contribution is 2.25.